The number of halogens is 1. The smallest absolute Gasteiger partial charge is 0.224 e. The van der Waals surface area contributed by atoms with E-state index < -0.39 is 5.82 Å². The summed E-state index contributed by atoms with van der Waals surface area (Å²) in [5.74, 6) is 0.859. The second-order valence-electron chi connectivity index (χ2n) is 9.22. The third-order valence-electron chi connectivity index (χ3n) is 6.71. The molecule has 5 heterocycles. The lowest BCUT2D eigenvalue weighted by atomic mass is 10.0. The number of carbonyl (C=O) groups is 1. The van der Waals surface area contributed by atoms with Crippen molar-refractivity contribution in [2.45, 2.75) is 13.3 Å². The number of H-pyrrole nitrogens is 2. The number of likely N-dealkylation sites (N-methyl/N-ethyl adjacent to an activating group) is 1. The lowest BCUT2D eigenvalue weighted by molar-refractivity contribution is -0.115. The van der Waals surface area contributed by atoms with E-state index in [1.807, 2.05) is 6.07 Å². The lowest BCUT2D eigenvalue weighted by Gasteiger charge is -2.33. The van der Waals surface area contributed by atoms with Crippen molar-refractivity contribution in [2.75, 3.05) is 43.4 Å². The van der Waals surface area contributed by atoms with Crippen LogP contribution in [0.2, 0.25) is 0 Å². The highest BCUT2D eigenvalue weighted by atomic mass is 19.1. The summed E-state index contributed by atoms with van der Waals surface area (Å²) in [5.41, 5.74) is 4.19. The molecule has 6 rings (SSSR count). The molecule has 10 nitrogen and oxygen atoms in total. The number of hydrogen-bond acceptors (Lipinski definition) is 7. The number of hydrogen-bond donors (Lipinski definition) is 3. The van der Waals surface area contributed by atoms with Gasteiger partial charge in [-0.3, -0.25) is 14.9 Å². The number of piperazine rings is 1. The SMILES string of the molecule is CCC(=O)Nc1cncc(-c2cc3c(-c4nc5c(N6CCN(C)CC6)nccc5[nH]4)n[nH]c3cc2F)c1. The summed E-state index contributed by atoms with van der Waals surface area (Å²) >= 11 is 0. The van der Waals surface area contributed by atoms with Crippen molar-refractivity contribution in [1.29, 1.82) is 0 Å². The molecule has 4 aromatic heterocycles. The highest BCUT2D eigenvalue weighted by Gasteiger charge is 2.21. The standard InChI is InChI=1S/C26H26FN9O/c1-3-22(37)30-16-10-15(13-28-14-16)17-11-18-21(12-19(17)27)33-34-23(18)25-31-20-4-5-29-26(24(20)32-25)36-8-6-35(2)7-9-36/h4-5,10-14H,3,6-9H2,1-2H3,(H,30,37)(H,31,32)(H,33,34). The molecule has 0 radical (unpaired) electrons. The Morgan fingerprint density at radius 1 is 1.14 bits per heavy atom. The highest BCUT2D eigenvalue weighted by molar-refractivity contribution is 5.97. The first kappa shape index (κ1) is 23.0. The molecule has 1 aliphatic heterocycles. The number of carbonyl (C=O) groups excluding carboxylic acids is 1. The molecule has 1 fully saturated rings. The van der Waals surface area contributed by atoms with Crippen LogP contribution in [0, 0.1) is 5.82 Å². The van der Waals surface area contributed by atoms with Gasteiger partial charge in [-0.05, 0) is 25.2 Å². The number of amides is 1. The maximum absolute atomic E-state index is 15.1. The van der Waals surface area contributed by atoms with Gasteiger partial charge < -0.3 is 20.1 Å². The van der Waals surface area contributed by atoms with Gasteiger partial charge in [-0.15, -0.1) is 0 Å². The summed E-state index contributed by atoms with van der Waals surface area (Å²) < 4.78 is 15.1. The number of pyridine rings is 2. The van der Waals surface area contributed by atoms with Gasteiger partial charge in [-0.2, -0.15) is 5.10 Å². The van der Waals surface area contributed by atoms with Crippen molar-refractivity contribution in [2.24, 2.45) is 0 Å². The van der Waals surface area contributed by atoms with Crippen molar-refractivity contribution in [3.8, 4) is 22.6 Å². The summed E-state index contributed by atoms with van der Waals surface area (Å²) in [6.07, 6.45) is 5.23. The minimum absolute atomic E-state index is 0.137. The molecule has 11 heteroatoms. The molecule has 188 valence electrons. The third kappa shape index (κ3) is 4.27. The van der Waals surface area contributed by atoms with E-state index in [4.69, 9.17) is 4.98 Å². The number of anilines is 2. The Morgan fingerprint density at radius 3 is 2.78 bits per heavy atom. The Balaban J connectivity index is 1.41. The van der Waals surface area contributed by atoms with Gasteiger partial charge in [0.05, 0.1) is 22.9 Å². The van der Waals surface area contributed by atoms with Crippen LogP contribution in [0.5, 0.6) is 0 Å². The third-order valence-corrected chi connectivity index (χ3v) is 6.71. The van der Waals surface area contributed by atoms with E-state index in [2.05, 4.69) is 47.3 Å². The second-order valence-corrected chi connectivity index (χ2v) is 9.22. The summed E-state index contributed by atoms with van der Waals surface area (Å²) in [5, 5.41) is 10.9. The maximum Gasteiger partial charge on any atom is 0.224 e. The monoisotopic (exact) mass is 499 g/mol. The van der Waals surface area contributed by atoms with Gasteiger partial charge in [0.25, 0.3) is 0 Å². The molecule has 0 saturated carbocycles. The highest BCUT2D eigenvalue weighted by Crippen LogP contribution is 2.34. The van der Waals surface area contributed by atoms with Crippen LogP contribution in [0.1, 0.15) is 13.3 Å². The predicted octanol–water partition coefficient (Wildman–Crippen LogP) is 3.80. The van der Waals surface area contributed by atoms with Crippen molar-refractivity contribution in [1.82, 2.24) is 35.0 Å². The molecule has 0 atom stereocenters. The first-order chi connectivity index (χ1) is 18.0. The van der Waals surface area contributed by atoms with Crippen molar-refractivity contribution >= 4 is 39.3 Å². The zero-order valence-electron chi connectivity index (χ0n) is 20.5. The van der Waals surface area contributed by atoms with Crippen LogP contribution in [0.4, 0.5) is 15.9 Å². The summed E-state index contributed by atoms with van der Waals surface area (Å²) in [7, 11) is 2.12. The van der Waals surface area contributed by atoms with Gasteiger partial charge in [0.1, 0.15) is 17.0 Å². The number of nitrogens with zero attached hydrogens (tertiary/aromatic N) is 6. The zero-order valence-corrected chi connectivity index (χ0v) is 20.5. The van der Waals surface area contributed by atoms with Gasteiger partial charge in [0.2, 0.25) is 5.91 Å². The molecule has 1 aromatic carbocycles. The maximum atomic E-state index is 15.1. The topological polar surface area (TPSA) is 119 Å². The molecule has 0 bridgehead atoms. The number of aromatic nitrogens is 6. The van der Waals surface area contributed by atoms with Gasteiger partial charge in [-0.25, -0.2) is 14.4 Å². The minimum atomic E-state index is -0.422. The average Bonchev–Trinajstić information content (AvgIpc) is 3.52. The molecule has 1 saturated heterocycles. The Hall–Kier alpha value is -4.38. The fourth-order valence-electron chi connectivity index (χ4n) is 4.63. The number of fused-ring (bicyclic) bond motifs is 2. The van der Waals surface area contributed by atoms with Crippen LogP contribution < -0.4 is 10.2 Å². The van der Waals surface area contributed by atoms with E-state index in [0.29, 0.717) is 45.7 Å². The van der Waals surface area contributed by atoms with Crippen molar-refractivity contribution in [3.05, 3.63) is 48.7 Å². The molecule has 37 heavy (non-hydrogen) atoms. The van der Waals surface area contributed by atoms with Crippen LogP contribution in [0.3, 0.4) is 0 Å². The molecular formula is C26H26FN9O. The average molecular weight is 500 g/mol. The molecule has 1 amide bonds. The van der Waals surface area contributed by atoms with Crippen LogP contribution >= 0.6 is 0 Å². The fourth-order valence-corrected chi connectivity index (χ4v) is 4.63. The normalized spacial score (nSPS) is 14.5. The largest absolute Gasteiger partial charge is 0.352 e. The van der Waals surface area contributed by atoms with E-state index in [0.717, 1.165) is 43.0 Å². The van der Waals surface area contributed by atoms with Crippen LogP contribution in [-0.4, -0.2) is 74.2 Å². The van der Waals surface area contributed by atoms with E-state index in [1.54, 1.807) is 31.5 Å². The zero-order chi connectivity index (χ0) is 25.5. The van der Waals surface area contributed by atoms with Crippen molar-refractivity contribution in [3.63, 3.8) is 0 Å². The van der Waals surface area contributed by atoms with E-state index in [1.165, 1.54) is 12.3 Å². The Bertz CT molecular complexity index is 1620. The first-order valence-corrected chi connectivity index (χ1v) is 12.2. The van der Waals surface area contributed by atoms with E-state index >= 15 is 4.39 Å². The molecule has 0 aliphatic carbocycles. The van der Waals surface area contributed by atoms with Crippen LogP contribution in [0.15, 0.2) is 42.9 Å². The van der Waals surface area contributed by atoms with Crippen molar-refractivity contribution < 1.29 is 9.18 Å². The molecule has 0 spiro atoms. The quantitative estimate of drug-likeness (QED) is 0.337. The molecule has 1 aliphatic rings. The molecule has 5 aromatic rings. The number of aromatic amines is 2. The molecule has 0 unspecified atom stereocenters. The van der Waals surface area contributed by atoms with E-state index in [9.17, 15) is 4.79 Å². The summed E-state index contributed by atoms with van der Waals surface area (Å²) in [4.78, 5) is 33.4. The van der Waals surface area contributed by atoms with Gasteiger partial charge in [0, 0.05) is 67.6 Å². The Kier molecular flexibility index (Phi) is 5.76. The molecular weight excluding hydrogens is 473 g/mol. The number of nitrogens with one attached hydrogen (secondary N) is 3. The van der Waals surface area contributed by atoms with E-state index in [-0.39, 0.29) is 5.91 Å². The Labute approximate surface area is 211 Å². The van der Waals surface area contributed by atoms with Crippen LogP contribution in [-0.2, 0) is 4.79 Å². The van der Waals surface area contributed by atoms with Crippen LogP contribution in [0.25, 0.3) is 44.6 Å². The van der Waals surface area contributed by atoms with Gasteiger partial charge in [-0.1, -0.05) is 6.92 Å². The Morgan fingerprint density at radius 2 is 1.97 bits per heavy atom. The first-order valence-electron chi connectivity index (χ1n) is 12.2. The second kappa shape index (κ2) is 9.25. The molecule has 3 N–H and O–H groups in total. The number of imidazole rings is 1. The minimum Gasteiger partial charge on any atom is -0.352 e. The summed E-state index contributed by atoms with van der Waals surface area (Å²) in [6.45, 7) is 5.45. The fraction of sp³-hybridized carbons (Fsp3) is 0.269. The predicted molar refractivity (Wildman–Crippen MR) is 141 cm³/mol. The lowest BCUT2D eigenvalue weighted by Crippen LogP contribution is -2.44. The summed E-state index contributed by atoms with van der Waals surface area (Å²) in [6, 6.07) is 6.75. The number of rotatable bonds is 5. The van der Waals surface area contributed by atoms with Gasteiger partial charge in [0.15, 0.2) is 11.6 Å². The van der Waals surface area contributed by atoms with Gasteiger partial charge >= 0.3 is 0 Å². The number of benzene rings is 1.